The van der Waals surface area contributed by atoms with Crippen LogP contribution in [0.1, 0.15) is 50.8 Å². The molecular weight excluding hydrogens is 340 g/mol. The fourth-order valence-electron chi connectivity index (χ4n) is 4.54. The number of nitriles is 3. The Hall–Kier alpha value is -2.88. The highest BCUT2D eigenvalue weighted by Crippen LogP contribution is 2.67. The average molecular weight is 362 g/mol. The van der Waals surface area contributed by atoms with Gasteiger partial charge in [-0.25, -0.2) is 0 Å². The van der Waals surface area contributed by atoms with Gasteiger partial charge in [-0.3, -0.25) is 5.41 Å². The Morgan fingerprint density at radius 2 is 1.70 bits per heavy atom. The van der Waals surface area contributed by atoms with Crippen LogP contribution in [0.4, 0.5) is 0 Å². The van der Waals surface area contributed by atoms with Gasteiger partial charge in [-0.1, -0.05) is 44.5 Å². The van der Waals surface area contributed by atoms with Crippen LogP contribution in [0.5, 0.6) is 0 Å². The van der Waals surface area contributed by atoms with E-state index in [1.165, 1.54) is 0 Å². The second kappa shape index (κ2) is 6.38. The molecule has 6 nitrogen and oxygen atoms in total. The number of hydrogen-bond donors (Lipinski definition) is 1. The zero-order valence-corrected chi connectivity index (χ0v) is 15.7. The predicted octanol–water partition coefficient (Wildman–Crippen LogP) is 4.00. The summed E-state index contributed by atoms with van der Waals surface area (Å²) < 4.78 is 11.9. The highest BCUT2D eigenvalue weighted by Gasteiger charge is 2.78. The first-order valence-corrected chi connectivity index (χ1v) is 9.17. The van der Waals surface area contributed by atoms with Crippen molar-refractivity contribution in [3.63, 3.8) is 0 Å². The van der Waals surface area contributed by atoms with Gasteiger partial charge in [-0.2, -0.15) is 15.8 Å². The number of ether oxygens (including phenoxy) is 2. The Labute approximate surface area is 159 Å². The minimum Gasteiger partial charge on any atom is -0.448 e. The minimum absolute atomic E-state index is 0.346. The fourth-order valence-corrected chi connectivity index (χ4v) is 4.54. The molecule has 138 valence electrons. The number of nitrogens with one attached hydrogen (secondary N) is 1. The molecule has 1 aromatic rings. The highest BCUT2D eigenvalue weighted by molar-refractivity contribution is 5.89. The van der Waals surface area contributed by atoms with Crippen molar-refractivity contribution in [2.24, 2.45) is 16.7 Å². The molecular formula is C21H22N4O2. The molecule has 0 amide bonds. The third kappa shape index (κ3) is 2.22. The molecule has 27 heavy (non-hydrogen) atoms. The summed E-state index contributed by atoms with van der Waals surface area (Å²) in [6.45, 7) is 5.69. The molecule has 2 saturated heterocycles. The molecule has 4 atom stereocenters. The molecule has 0 radical (unpaired) electrons. The van der Waals surface area contributed by atoms with Crippen molar-refractivity contribution in [3.05, 3.63) is 35.4 Å². The van der Waals surface area contributed by atoms with E-state index in [9.17, 15) is 15.8 Å². The van der Waals surface area contributed by atoms with Crippen molar-refractivity contribution in [2.75, 3.05) is 0 Å². The Kier molecular flexibility index (Phi) is 4.46. The number of aryl methyl sites for hydroxylation is 1. The molecule has 1 aromatic carbocycles. The van der Waals surface area contributed by atoms with Gasteiger partial charge in [-0.05, 0) is 24.0 Å². The maximum Gasteiger partial charge on any atom is 0.214 e. The van der Waals surface area contributed by atoms with E-state index in [4.69, 9.17) is 14.9 Å². The van der Waals surface area contributed by atoms with Crippen LogP contribution < -0.4 is 0 Å². The van der Waals surface area contributed by atoms with Crippen LogP contribution >= 0.6 is 0 Å². The lowest BCUT2D eigenvalue weighted by molar-refractivity contribution is -0.273. The fraction of sp³-hybridized carbons (Fsp3) is 0.524. The van der Waals surface area contributed by atoms with Crippen LogP contribution in [-0.2, 0) is 15.9 Å². The number of hydrogen-bond acceptors (Lipinski definition) is 6. The van der Waals surface area contributed by atoms with Gasteiger partial charge in [0.2, 0.25) is 17.1 Å². The Morgan fingerprint density at radius 1 is 1.07 bits per heavy atom. The van der Waals surface area contributed by atoms with Gasteiger partial charge in [0.05, 0.1) is 24.1 Å². The topological polar surface area (TPSA) is 114 Å². The molecule has 0 spiro atoms. The van der Waals surface area contributed by atoms with Crippen LogP contribution in [0.3, 0.4) is 0 Å². The Bertz CT molecular complexity index is 875. The van der Waals surface area contributed by atoms with Crippen LogP contribution in [0.2, 0.25) is 0 Å². The van der Waals surface area contributed by atoms with Crippen molar-refractivity contribution in [3.8, 4) is 18.2 Å². The van der Waals surface area contributed by atoms with Crippen molar-refractivity contribution < 1.29 is 9.47 Å². The van der Waals surface area contributed by atoms with Crippen molar-refractivity contribution in [1.82, 2.24) is 0 Å². The second-order valence-corrected chi connectivity index (χ2v) is 7.33. The minimum atomic E-state index is -1.87. The predicted molar refractivity (Wildman–Crippen MR) is 97.0 cm³/mol. The lowest BCUT2D eigenvalue weighted by Crippen LogP contribution is -2.58. The first-order chi connectivity index (χ1) is 12.9. The third-order valence-electron chi connectivity index (χ3n) is 5.98. The summed E-state index contributed by atoms with van der Waals surface area (Å²) >= 11 is 0. The molecule has 2 bridgehead atoms. The van der Waals surface area contributed by atoms with E-state index in [0.29, 0.717) is 18.4 Å². The summed E-state index contributed by atoms with van der Waals surface area (Å²) in [6.07, 6.45) is 1.10. The molecule has 3 rings (SSSR count). The number of nitrogens with zero attached hydrogens (tertiary/aromatic N) is 3. The molecule has 2 aliphatic heterocycles. The summed E-state index contributed by atoms with van der Waals surface area (Å²) in [7, 11) is 0. The van der Waals surface area contributed by atoms with E-state index in [1.807, 2.05) is 38.1 Å². The molecule has 2 aliphatic rings. The van der Waals surface area contributed by atoms with Gasteiger partial charge in [0.25, 0.3) is 0 Å². The number of rotatable bonds is 4. The van der Waals surface area contributed by atoms with E-state index in [-0.39, 0.29) is 5.90 Å². The van der Waals surface area contributed by atoms with Crippen molar-refractivity contribution in [1.29, 1.82) is 21.2 Å². The first-order valence-electron chi connectivity index (χ1n) is 9.17. The van der Waals surface area contributed by atoms with Crippen molar-refractivity contribution in [2.45, 2.75) is 51.9 Å². The third-order valence-corrected chi connectivity index (χ3v) is 5.98. The van der Waals surface area contributed by atoms with E-state index < -0.39 is 28.6 Å². The molecule has 2 heterocycles. The van der Waals surface area contributed by atoms with Gasteiger partial charge in [0.15, 0.2) is 5.41 Å². The first kappa shape index (κ1) is 18.9. The molecule has 2 fully saturated rings. The van der Waals surface area contributed by atoms with E-state index in [2.05, 4.69) is 18.2 Å². The highest BCUT2D eigenvalue weighted by atomic mass is 16.7. The Morgan fingerprint density at radius 3 is 2.19 bits per heavy atom. The standard InChI is InChI=1S/C21H22N4O2/c1-4-6-16-19(3)26-17(15-9-7-14(5-2)8-10-15)20(11-22,12-23)21(16,13-24)18(25)27-19/h7-10,16-17,25H,4-6H2,1-3H3. The zero-order valence-electron chi connectivity index (χ0n) is 15.7. The molecule has 1 N–H and O–H groups in total. The van der Waals surface area contributed by atoms with Crippen LogP contribution in [0, 0.1) is 56.2 Å². The molecule has 4 unspecified atom stereocenters. The van der Waals surface area contributed by atoms with Crippen LogP contribution in [-0.4, -0.2) is 11.7 Å². The summed E-state index contributed by atoms with van der Waals surface area (Å²) in [4.78, 5) is 0. The Balaban J connectivity index is 2.26. The average Bonchev–Trinajstić information content (AvgIpc) is 2.85. The maximum absolute atomic E-state index is 10.2. The van der Waals surface area contributed by atoms with Gasteiger partial charge < -0.3 is 9.47 Å². The molecule has 0 aliphatic carbocycles. The van der Waals surface area contributed by atoms with Gasteiger partial charge >= 0.3 is 0 Å². The summed E-state index contributed by atoms with van der Waals surface area (Å²) in [5, 5.41) is 38.8. The van der Waals surface area contributed by atoms with Crippen molar-refractivity contribution >= 4 is 5.90 Å². The number of benzene rings is 1. The maximum atomic E-state index is 10.2. The normalized spacial score (nSPS) is 33.4. The summed E-state index contributed by atoms with van der Waals surface area (Å²) in [5.41, 5.74) is -1.80. The smallest absolute Gasteiger partial charge is 0.214 e. The zero-order chi connectivity index (χ0) is 19.9. The lowest BCUT2D eigenvalue weighted by Gasteiger charge is -2.48. The van der Waals surface area contributed by atoms with Gasteiger partial charge in [-0.15, -0.1) is 0 Å². The van der Waals surface area contributed by atoms with E-state index in [1.54, 1.807) is 6.92 Å². The van der Waals surface area contributed by atoms with Gasteiger partial charge in [0, 0.05) is 6.92 Å². The monoisotopic (exact) mass is 362 g/mol. The largest absolute Gasteiger partial charge is 0.448 e. The quantitative estimate of drug-likeness (QED) is 0.869. The second-order valence-electron chi connectivity index (χ2n) is 7.33. The molecule has 0 aromatic heterocycles. The van der Waals surface area contributed by atoms with E-state index >= 15 is 0 Å². The van der Waals surface area contributed by atoms with E-state index in [0.717, 1.165) is 12.0 Å². The lowest BCUT2D eigenvalue weighted by atomic mass is 9.53. The summed E-state index contributed by atoms with van der Waals surface area (Å²) in [6, 6.07) is 13.8. The van der Waals surface area contributed by atoms with Gasteiger partial charge in [0.1, 0.15) is 6.10 Å². The van der Waals surface area contributed by atoms with Crippen LogP contribution in [0.25, 0.3) is 0 Å². The molecule has 0 saturated carbocycles. The van der Waals surface area contributed by atoms with Crippen LogP contribution in [0.15, 0.2) is 24.3 Å². The number of fused-ring (bicyclic) bond motifs is 2. The summed E-state index contributed by atoms with van der Waals surface area (Å²) in [5.74, 6) is -2.15. The SMILES string of the molecule is CCCC1C2(C)OC(=N)C1(C#N)C(C#N)(C#N)C(c1ccc(CC)cc1)O2. The molecule has 6 heteroatoms.